The smallest absolute Gasteiger partial charge is 0.261 e. The van der Waals surface area contributed by atoms with Crippen molar-refractivity contribution in [2.45, 2.75) is 20.3 Å². The van der Waals surface area contributed by atoms with Crippen molar-refractivity contribution in [3.8, 4) is 11.5 Å². The zero-order valence-electron chi connectivity index (χ0n) is 16.5. The van der Waals surface area contributed by atoms with Gasteiger partial charge in [0, 0.05) is 36.5 Å². The molecule has 0 spiro atoms. The Balaban J connectivity index is 0.00000240. The molecule has 0 amide bonds. The summed E-state index contributed by atoms with van der Waals surface area (Å²) >= 11 is 0. The molecule has 0 fully saturated rings. The van der Waals surface area contributed by atoms with E-state index in [2.05, 4.69) is 44.5 Å². The number of hydrogen-bond donors (Lipinski definition) is 1. The van der Waals surface area contributed by atoms with Crippen LogP contribution in [0.3, 0.4) is 0 Å². The lowest BCUT2D eigenvalue weighted by Gasteiger charge is -2.13. The van der Waals surface area contributed by atoms with E-state index in [4.69, 9.17) is 9.26 Å². The van der Waals surface area contributed by atoms with Crippen molar-refractivity contribution in [2.24, 2.45) is 0 Å². The Hall–Kier alpha value is -3.03. The number of rotatable bonds is 6. The molecule has 1 aromatic carbocycles. The summed E-state index contributed by atoms with van der Waals surface area (Å²) in [5, 5.41) is 8.43. The maximum Gasteiger partial charge on any atom is 0.261 e. The normalized spacial score (nSPS) is 10.7. The van der Waals surface area contributed by atoms with Crippen LogP contribution in [-0.4, -0.2) is 33.8 Å². The van der Waals surface area contributed by atoms with Gasteiger partial charge < -0.3 is 14.6 Å². The average molecular weight is 412 g/mol. The lowest BCUT2D eigenvalue weighted by atomic mass is 10.1. The fourth-order valence-electron chi connectivity index (χ4n) is 2.99. The predicted molar refractivity (Wildman–Crippen MR) is 115 cm³/mol. The van der Waals surface area contributed by atoms with Crippen LogP contribution in [0.15, 0.2) is 47.1 Å². The Bertz CT molecular complexity index is 1130. The molecule has 0 bridgehead atoms. The molecule has 0 aliphatic heterocycles. The van der Waals surface area contributed by atoms with Crippen molar-refractivity contribution in [1.29, 1.82) is 0 Å². The van der Waals surface area contributed by atoms with E-state index in [1.807, 2.05) is 31.2 Å². The van der Waals surface area contributed by atoms with Crippen LogP contribution in [0.5, 0.6) is 0 Å². The Kier molecular flexibility index (Phi) is 6.41. The Morgan fingerprint density at radius 3 is 2.76 bits per heavy atom. The predicted octanol–water partition coefficient (Wildman–Crippen LogP) is 4.65. The molecule has 29 heavy (non-hydrogen) atoms. The number of halogens is 1. The van der Waals surface area contributed by atoms with Crippen LogP contribution >= 0.6 is 12.4 Å². The van der Waals surface area contributed by atoms with Crippen LogP contribution in [0, 0.1) is 13.8 Å². The molecule has 0 saturated carbocycles. The van der Waals surface area contributed by atoms with E-state index < -0.39 is 0 Å². The third-order valence-electron chi connectivity index (χ3n) is 4.38. The second-order valence-electron chi connectivity index (χ2n) is 6.62. The van der Waals surface area contributed by atoms with Gasteiger partial charge in [-0.15, -0.1) is 12.4 Å². The summed E-state index contributed by atoms with van der Waals surface area (Å²) in [6.07, 6.45) is 2.31. The maximum atomic E-state index is 5.51. The molecule has 1 N–H and O–H groups in total. The zero-order chi connectivity index (χ0) is 19.5. The number of benzene rings is 1. The van der Waals surface area contributed by atoms with Crippen LogP contribution in [0.1, 0.15) is 17.1 Å². The summed E-state index contributed by atoms with van der Waals surface area (Å²) in [6.45, 7) is 4.54. The van der Waals surface area contributed by atoms with Gasteiger partial charge in [0.05, 0.1) is 17.9 Å². The van der Waals surface area contributed by atoms with Crippen molar-refractivity contribution >= 4 is 34.8 Å². The minimum Gasteiger partial charge on any atom is -0.384 e. The first-order chi connectivity index (χ1) is 13.6. The highest BCUT2D eigenvalue weighted by Crippen LogP contribution is 2.34. The van der Waals surface area contributed by atoms with E-state index in [1.165, 1.54) is 5.56 Å². The SMILES string of the molecule is COCCc1noc(-c2cnc3nc(C)ccc3c2Nc2cccc(C)c2)n1.Cl. The molecule has 0 radical (unpaired) electrons. The van der Waals surface area contributed by atoms with Crippen LogP contribution in [-0.2, 0) is 11.2 Å². The quantitative estimate of drug-likeness (QED) is 0.494. The molecular formula is C21H22ClN5O2. The summed E-state index contributed by atoms with van der Waals surface area (Å²) in [5.74, 6) is 1.01. The standard InChI is InChI=1S/C21H21N5O2.ClH/c1-13-5-4-6-15(11-13)24-19-16-8-7-14(2)23-20(16)22-12-17(19)21-25-18(26-28-21)9-10-27-3;/h4-8,11-12H,9-10H2,1-3H3,(H,22,23,24);1H. The highest BCUT2D eigenvalue weighted by atomic mass is 35.5. The number of ether oxygens (including phenoxy) is 1. The molecular weight excluding hydrogens is 390 g/mol. The number of aryl methyl sites for hydroxylation is 2. The highest BCUT2D eigenvalue weighted by molar-refractivity contribution is 5.98. The van der Waals surface area contributed by atoms with E-state index in [9.17, 15) is 0 Å². The second-order valence-corrected chi connectivity index (χ2v) is 6.62. The van der Waals surface area contributed by atoms with Crippen LogP contribution in [0.2, 0.25) is 0 Å². The minimum absolute atomic E-state index is 0. The van der Waals surface area contributed by atoms with Gasteiger partial charge in [-0.1, -0.05) is 17.3 Å². The number of aromatic nitrogens is 4. The third kappa shape index (κ3) is 4.52. The molecule has 0 aliphatic carbocycles. The summed E-state index contributed by atoms with van der Waals surface area (Å²) in [6, 6.07) is 12.1. The number of methoxy groups -OCH3 is 1. The Morgan fingerprint density at radius 1 is 1.10 bits per heavy atom. The molecule has 0 unspecified atom stereocenters. The fourth-order valence-corrected chi connectivity index (χ4v) is 2.99. The maximum absolute atomic E-state index is 5.51. The molecule has 8 heteroatoms. The summed E-state index contributed by atoms with van der Waals surface area (Å²) < 4.78 is 10.6. The van der Waals surface area contributed by atoms with E-state index in [1.54, 1.807) is 13.3 Å². The number of hydrogen-bond acceptors (Lipinski definition) is 7. The lowest BCUT2D eigenvalue weighted by Crippen LogP contribution is -1.99. The van der Waals surface area contributed by atoms with E-state index in [0.29, 0.717) is 30.4 Å². The molecule has 4 rings (SSSR count). The number of nitrogens with zero attached hydrogens (tertiary/aromatic N) is 4. The third-order valence-corrected chi connectivity index (χ3v) is 4.38. The number of pyridine rings is 2. The lowest BCUT2D eigenvalue weighted by molar-refractivity contribution is 0.199. The molecule has 7 nitrogen and oxygen atoms in total. The molecule has 3 heterocycles. The van der Waals surface area contributed by atoms with Crippen molar-refractivity contribution in [3.63, 3.8) is 0 Å². The van der Waals surface area contributed by atoms with Crippen LogP contribution in [0.4, 0.5) is 11.4 Å². The Labute approximate surface area is 174 Å². The van der Waals surface area contributed by atoms with E-state index in [-0.39, 0.29) is 12.4 Å². The minimum atomic E-state index is 0. The molecule has 3 aromatic heterocycles. The van der Waals surface area contributed by atoms with E-state index >= 15 is 0 Å². The van der Waals surface area contributed by atoms with Crippen LogP contribution < -0.4 is 5.32 Å². The molecule has 4 aromatic rings. The van der Waals surface area contributed by atoms with Gasteiger partial charge in [0.15, 0.2) is 11.5 Å². The molecule has 150 valence electrons. The molecule has 0 saturated heterocycles. The van der Waals surface area contributed by atoms with Crippen molar-refractivity contribution in [1.82, 2.24) is 20.1 Å². The average Bonchev–Trinajstić information content (AvgIpc) is 3.15. The van der Waals surface area contributed by atoms with Gasteiger partial charge in [-0.05, 0) is 43.7 Å². The topological polar surface area (TPSA) is 86.0 Å². The van der Waals surface area contributed by atoms with Gasteiger partial charge in [0.25, 0.3) is 5.89 Å². The Morgan fingerprint density at radius 2 is 1.97 bits per heavy atom. The first-order valence-electron chi connectivity index (χ1n) is 9.06. The van der Waals surface area contributed by atoms with Gasteiger partial charge in [-0.2, -0.15) is 4.98 Å². The monoisotopic (exact) mass is 411 g/mol. The zero-order valence-corrected chi connectivity index (χ0v) is 17.3. The fraction of sp³-hybridized carbons (Fsp3) is 0.238. The van der Waals surface area contributed by atoms with Gasteiger partial charge >= 0.3 is 0 Å². The summed E-state index contributed by atoms with van der Waals surface area (Å²) in [4.78, 5) is 13.6. The molecule has 0 aliphatic rings. The number of nitrogens with one attached hydrogen (secondary N) is 1. The van der Waals surface area contributed by atoms with Crippen molar-refractivity contribution in [3.05, 3.63) is 59.7 Å². The van der Waals surface area contributed by atoms with Gasteiger partial charge in [-0.25, -0.2) is 9.97 Å². The first kappa shape index (κ1) is 20.7. The summed E-state index contributed by atoms with van der Waals surface area (Å²) in [5.41, 5.74) is 5.28. The largest absolute Gasteiger partial charge is 0.384 e. The molecule has 0 atom stereocenters. The highest BCUT2D eigenvalue weighted by Gasteiger charge is 2.17. The first-order valence-corrected chi connectivity index (χ1v) is 9.06. The van der Waals surface area contributed by atoms with Gasteiger partial charge in [0.1, 0.15) is 0 Å². The number of fused-ring (bicyclic) bond motifs is 1. The van der Waals surface area contributed by atoms with Crippen molar-refractivity contribution in [2.75, 3.05) is 19.0 Å². The van der Waals surface area contributed by atoms with E-state index in [0.717, 1.165) is 28.0 Å². The van der Waals surface area contributed by atoms with Gasteiger partial charge in [-0.3, -0.25) is 0 Å². The van der Waals surface area contributed by atoms with Crippen molar-refractivity contribution < 1.29 is 9.26 Å². The second kappa shape index (κ2) is 8.98. The summed E-state index contributed by atoms with van der Waals surface area (Å²) in [7, 11) is 1.65. The number of anilines is 2. The van der Waals surface area contributed by atoms with Crippen LogP contribution in [0.25, 0.3) is 22.5 Å². The van der Waals surface area contributed by atoms with Gasteiger partial charge in [0.2, 0.25) is 0 Å².